The third kappa shape index (κ3) is 3.26. The van der Waals surface area contributed by atoms with Crippen molar-refractivity contribution < 1.29 is 4.74 Å². The zero-order chi connectivity index (χ0) is 10.7. The Morgan fingerprint density at radius 2 is 2.40 bits per heavy atom. The number of ether oxygens (including phenoxy) is 1. The van der Waals surface area contributed by atoms with Gasteiger partial charge >= 0.3 is 0 Å². The van der Waals surface area contributed by atoms with Crippen molar-refractivity contribution in [2.24, 2.45) is 0 Å². The molecule has 0 amide bonds. The van der Waals surface area contributed by atoms with Gasteiger partial charge in [-0.1, -0.05) is 0 Å². The molecule has 1 fully saturated rings. The van der Waals surface area contributed by atoms with Crippen LogP contribution in [0.15, 0.2) is 23.1 Å². The maximum absolute atomic E-state index is 5.71. The normalized spacial score (nSPS) is 20.7. The first kappa shape index (κ1) is 11.5. The van der Waals surface area contributed by atoms with E-state index in [2.05, 4.69) is 28.7 Å². The van der Waals surface area contributed by atoms with Crippen LogP contribution in [0.2, 0.25) is 0 Å². The fraction of sp³-hybridized carbons (Fsp3) is 0.455. The second-order valence-electron chi connectivity index (χ2n) is 3.64. The minimum Gasteiger partial charge on any atom is -0.399 e. The third-order valence-corrected chi connectivity index (χ3v) is 4.87. The number of halogens is 1. The van der Waals surface area contributed by atoms with Crippen LogP contribution < -0.4 is 5.73 Å². The predicted octanol–water partition coefficient (Wildman–Crippen LogP) is 3.14. The van der Waals surface area contributed by atoms with Crippen molar-refractivity contribution in [1.29, 1.82) is 0 Å². The molecule has 4 heteroatoms. The lowest BCUT2D eigenvalue weighted by Crippen LogP contribution is -2.07. The van der Waals surface area contributed by atoms with Crippen LogP contribution in [-0.4, -0.2) is 18.5 Å². The van der Waals surface area contributed by atoms with Gasteiger partial charge in [0.05, 0.1) is 6.10 Å². The molecule has 1 aliphatic rings. The number of hydrogen-bond acceptors (Lipinski definition) is 3. The summed E-state index contributed by atoms with van der Waals surface area (Å²) in [7, 11) is 0. The van der Waals surface area contributed by atoms with Crippen molar-refractivity contribution in [3.05, 3.63) is 21.8 Å². The topological polar surface area (TPSA) is 35.2 Å². The van der Waals surface area contributed by atoms with Gasteiger partial charge in [0.2, 0.25) is 0 Å². The highest BCUT2D eigenvalue weighted by Gasteiger charge is 2.15. The molecule has 1 atom stereocenters. The van der Waals surface area contributed by atoms with Gasteiger partial charge in [0.1, 0.15) is 0 Å². The average molecular weight is 335 g/mol. The van der Waals surface area contributed by atoms with E-state index in [0.29, 0.717) is 6.10 Å². The molecule has 1 aliphatic heterocycles. The maximum atomic E-state index is 5.71. The summed E-state index contributed by atoms with van der Waals surface area (Å²) >= 11 is 4.20. The predicted molar refractivity (Wildman–Crippen MR) is 73.3 cm³/mol. The summed E-state index contributed by atoms with van der Waals surface area (Å²) in [5, 5.41) is 0. The Labute approximate surface area is 108 Å². The molecule has 0 spiro atoms. The molecule has 2 nitrogen and oxygen atoms in total. The first-order chi connectivity index (χ1) is 7.25. The molecular weight excluding hydrogens is 321 g/mol. The summed E-state index contributed by atoms with van der Waals surface area (Å²) in [5.41, 5.74) is 6.54. The van der Waals surface area contributed by atoms with E-state index in [1.807, 2.05) is 23.9 Å². The number of hydrogen-bond donors (Lipinski definition) is 1. The second kappa shape index (κ2) is 5.41. The molecule has 1 unspecified atom stereocenters. The monoisotopic (exact) mass is 335 g/mol. The fourth-order valence-electron chi connectivity index (χ4n) is 1.59. The number of nitrogen functional groups attached to an aromatic ring is 1. The summed E-state index contributed by atoms with van der Waals surface area (Å²) in [5.74, 6) is 1.06. The van der Waals surface area contributed by atoms with E-state index < -0.39 is 0 Å². The standard InChI is InChI=1S/C11H14INOS/c12-10-6-8(13)3-4-11(10)15-7-9-2-1-5-14-9/h3-4,6,9H,1-2,5,7,13H2. The van der Waals surface area contributed by atoms with Gasteiger partial charge in [-0.2, -0.15) is 0 Å². The van der Waals surface area contributed by atoms with Crippen molar-refractivity contribution in [2.45, 2.75) is 23.8 Å². The van der Waals surface area contributed by atoms with E-state index in [9.17, 15) is 0 Å². The van der Waals surface area contributed by atoms with Crippen molar-refractivity contribution >= 4 is 40.0 Å². The summed E-state index contributed by atoms with van der Waals surface area (Å²) in [6, 6.07) is 6.06. The summed E-state index contributed by atoms with van der Waals surface area (Å²) in [6.45, 7) is 0.935. The van der Waals surface area contributed by atoms with Gasteiger partial charge in [0.25, 0.3) is 0 Å². The molecular formula is C11H14INOS. The minimum absolute atomic E-state index is 0.448. The highest BCUT2D eigenvalue weighted by atomic mass is 127. The second-order valence-corrected chi connectivity index (χ2v) is 5.86. The molecule has 0 aromatic heterocycles. The molecule has 2 rings (SSSR count). The lowest BCUT2D eigenvalue weighted by molar-refractivity contribution is 0.129. The SMILES string of the molecule is Nc1ccc(SCC2CCCO2)c(I)c1. The van der Waals surface area contributed by atoms with Crippen LogP contribution in [0.5, 0.6) is 0 Å². The van der Waals surface area contributed by atoms with Gasteiger partial charge in [-0.3, -0.25) is 0 Å². The number of anilines is 1. The number of benzene rings is 1. The van der Waals surface area contributed by atoms with Crippen LogP contribution >= 0.6 is 34.4 Å². The summed E-state index contributed by atoms with van der Waals surface area (Å²) < 4.78 is 6.82. The van der Waals surface area contributed by atoms with E-state index in [4.69, 9.17) is 10.5 Å². The molecule has 0 aliphatic carbocycles. The van der Waals surface area contributed by atoms with Crippen LogP contribution in [0.1, 0.15) is 12.8 Å². The van der Waals surface area contributed by atoms with Gasteiger partial charge in [-0.25, -0.2) is 0 Å². The van der Waals surface area contributed by atoms with Crippen LogP contribution in [0, 0.1) is 3.57 Å². The Morgan fingerprint density at radius 1 is 1.53 bits per heavy atom. The van der Waals surface area contributed by atoms with Gasteiger partial charge < -0.3 is 10.5 Å². The van der Waals surface area contributed by atoms with E-state index in [1.165, 1.54) is 21.3 Å². The van der Waals surface area contributed by atoms with E-state index in [1.54, 1.807) is 0 Å². The Morgan fingerprint density at radius 3 is 3.07 bits per heavy atom. The molecule has 1 aromatic rings. The Bertz CT molecular complexity index is 339. The van der Waals surface area contributed by atoms with Gasteiger partial charge in [0, 0.05) is 26.5 Å². The molecule has 0 saturated carbocycles. The molecule has 0 radical (unpaired) electrons. The highest BCUT2D eigenvalue weighted by molar-refractivity contribution is 14.1. The Hall–Kier alpha value is 0.0600. The van der Waals surface area contributed by atoms with Gasteiger partial charge in [0.15, 0.2) is 0 Å². The molecule has 82 valence electrons. The van der Waals surface area contributed by atoms with E-state index in [-0.39, 0.29) is 0 Å². The van der Waals surface area contributed by atoms with Crippen molar-refractivity contribution in [1.82, 2.24) is 0 Å². The molecule has 2 N–H and O–H groups in total. The van der Waals surface area contributed by atoms with Crippen LogP contribution in [0.3, 0.4) is 0 Å². The third-order valence-electron chi connectivity index (χ3n) is 2.40. The molecule has 15 heavy (non-hydrogen) atoms. The largest absolute Gasteiger partial charge is 0.399 e. The average Bonchev–Trinajstić information content (AvgIpc) is 2.69. The zero-order valence-corrected chi connectivity index (χ0v) is 11.4. The first-order valence-corrected chi connectivity index (χ1v) is 7.11. The van der Waals surface area contributed by atoms with Crippen LogP contribution in [-0.2, 0) is 4.74 Å². The van der Waals surface area contributed by atoms with Crippen molar-refractivity contribution in [3.8, 4) is 0 Å². The zero-order valence-electron chi connectivity index (χ0n) is 8.41. The van der Waals surface area contributed by atoms with Crippen LogP contribution in [0.25, 0.3) is 0 Å². The summed E-state index contributed by atoms with van der Waals surface area (Å²) in [6.07, 6.45) is 2.87. The van der Waals surface area contributed by atoms with Gasteiger partial charge in [-0.05, 0) is 53.6 Å². The lowest BCUT2D eigenvalue weighted by atomic mass is 10.3. The summed E-state index contributed by atoms with van der Waals surface area (Å²) in [4.78, 5) is 1.31. The van der Waals surface area contributed by atoms with Crippen molar-refractivity contribution in [3.63, 3.8) is 0 Å². The quantitative estimate of drug-likeness (QED) is 0.524. The minimum atomic E-state index is 0.448. The molecule has 1 saturated heterocycles. The Kier molecular flexibility index (Phi) is 4.16. The highest BCUT2D eigenvalue weighted by Crippen LogP contribution is 2.28. The number of thioether (sulfide) groups is 1. The smallest absolute Gasteiger partial charge is 0.0669 e. The van der Waals surface area contributed by atoms with E-state index >= 15 is 0 Å². The van der Waals surface area contributed by atoms with Crippen molar-refractivity contribution in [2.75, 3.05) is 18.1 Å². The molecule has 1 aromatic carbocycles. The van der Waals surface area contributed by atoms with Crippen LogP contribution in [0.4, 0.5) is 5.69 Å². The first-order valence-electron chi connectivity index (χ1n) is 5.05. The molecule has 1 heterocycles. The number of rotatable bonds is 3. The fourth-order valence-corrected chi connectivity index (χ4v) is 3.59. The Balaban J connectivity index is 1.92. The number of nitrogens with two attached hydrogens (primary N) is 1. The van der Waals surface area contributed by atoms with E-state index in [0.717, 1.165) is 18.0 Å². The lowest BCUT2D eigenvalue weighted by Gasteiger charge is -2.10. The maximum Gasteiger partial charge on any atom is 0.0669 e. The molecule has 0 bridgehead atoms. The van der Waals surface area contributed by atoms with Gasteiger partial charge in [-0.15, -0.1) is 11.8 Å².